The van der Waals surface area contributed by atoms with Gasteiger partial charge in [-0.3, -0.25) is 4.79 Å². The molecule has 192 valence electrons. The van der Waals surface area contributed by atoms with Gasteiger partial charge >= 0.3 is 0 Å². The van der Waals surface area contributed by atoms with Crippen molar-refractivity contribution in [3.63, 3.8) is 0 Å². The lowest BCUT2D eigenvalue weighted by Crippen LogP contribution is -2.32. The van der Waals surface area contributed by atoms with E-state index in [-0.39, 0.29) is 28.7 Å². The number of nitrogens with zero attached hydrogens (tertiary/aromatic N) is 1. The minimum Gasteiger partial charge on any atom is -0.370 e. The number of anilines is 2. The molecule has 1 heterocycles. The molecule has 2 fully saturated rings. The minimum absolute atomic E-state index is 0.0553. The summed E-state index contributed by atoms with van der Waals surface area (Å²) >= 11 is 0. The number of rotatable bonds is 7. The average Bonchev–Trinajstić information content (AvgIpc) is 3.54. The summed E-state index contributed by atoms with van der Waals surface area (Å²) in [6.07, 6.45) is 5.60. The first kappa shape index (κ1) is 24.2. The zero-order valence-corrected chi connectivity index (χ0v) is 21.7. The summed E-state index contributed by atoms with van der Waals surface area (Å²) in [5.41, 5.74) is 4.67. The van der Waals surface area contributed by atoms with Gasteiger partial charge in [0.05, 0.1) is 5.69 Å². The molecule has 3 atom stereocenters. The van der Waals surface area contributed by atoms with E-state index in [1.807, 2.05) is 48.5 Å². The highest BCUT2D eigenvalue weighted by molar-refractivity contribution is 7.89. The van der Waals surface area contributed by atoms with Crippen molar-refractivity contribution in [2.45, 2.75) is 55.4 Å². The lowest BCUT2D eigenvalue weighted by Gasteiger charge is -2.28. The minimum atomic E-state index is -3.83. The molecule has 1 amide bonds. The van der Waals surface area contributed by atoms with Crippen LogP contribution in [0.5, 0.6) is 0 Å². The van der Waals surface area contributed by atoms with Gasteiger partial charge in [0.25, 0.3) is 0 Å². The molecule has 2 aliphatic carbocycles. The van der Waals surface area contributed by atoms with Crippen molar-refractivity contribution >= 4 is 27.3 Å². The van der Waals surface area contributed by atoms with E-state index in [4.69, 9.17) is 0 Å². The van der Waals surface area contributed by atoms with Gasteiger partial charge in [0.15, 0.2) is 0 Å². The molecule has 0 radical (unpaired) electrons. The lowest BCUT2D eigenvalue weighted by atomic mass is 9.88. The first-order chi connectivity index (χ1) is 18.0. The third-order valence-corrected chi connectivity index (χ3v) is 9.49. The molecule has 3 aromatic rings. The number of carbonyl (C=O) groups is 1. The fourth-order valence-electron chi connectivity index (χ4n) is 5.94. The molecular formula is C30H33N3O3S. The molecule has 0 unspecified atom stereocenters. The molecule has 1 saturated heterocycles. The van der Waals surface area contributed by atoms with Crippen molar-refractivity contribution in [2.75, 3.05) is 23.3 Å². The van der Waals surface area contributed by atoms with E-state index < -0.39 is 10.0 Å². The maximum atomic E-state index is 13.9. The molecule has 37 heavy (non-hydrogen) atoms. The Morgan fingerprint density at radius 1 is 0.892 bits per heavy atom. The largest absolute Gasteiger partial charge is 0.370 e. The number of aryl methyl sites for hydroxylation is 1. The van der Waals surface area contributed by atoms with E-state index in [2.05, 4.69) is 33.1 Å². The number of sulfonamides is 1. The monoisotopic (exact) mass is 515 g/mol. The predicted octanol–water partition coefficient (Wildman–Crippen LogP) is 5.38. The number of benzene rings is 3. The van der Waals surface area contributed by atoms with Gasteiger partial charge in [-0.25, -0.2) is 13.1 Å². The highest BCUT2D eigenvalue weighted by Gasteiger charge is 2.44. The Balaban J connectivity index is 1.26. The number of hydrogen-bond donors (Lipinski definition) is 2. The lowest BCUT2D eigenvalue weighted by molar-refractivity contribution is -0.117. The van der Waals surface area contributed by atoms with Crippen molar-refractivity contribution < 1.29 is 13.2 Å². The Morgan fingerprint density at radius 3 is 2.46 bits per heavy atom. The van der Waals surface area contributed by atoms with Crippen LogP contribution in [0.1, 0.15) is 60.8 Å². The van der Waals surface area contributed by atoms with Gasteiger partial charge in [0.2, 0.25) is 15.9 Å². The Bertz CT molecular complexity index is 1400. The van der Waals surface area contributed by atoms with E-state index in [9.17, 15) is 13.2 Å². The normalized spacial score (nSPS) is 22.9. The van der Waals surface area contributed by atoms with Crippen LogP contribution in [0.15, 0.2) is 77.7 Å². The Labute approximate surface area is 219 Å². The predicted molar refractivity (Wildman–Crippen MR) is 146 cm³/mol. The molecular weight excluding hydrogens is 482 g/mol. The van der Waals surface area contributed by atoms with E-state index in [0.717, 1.165) is 57.2 Å². The molecule has 0 aromatic heterocycles. The molecule has 3 aliphatic rings. The van der Waals surface area contributed by atoms with E-state index >= 15 is 0 Å². The first-order valence-corrected chi connectivity index (χ1v) is 14.8. The fraction of sp³-hybridized carbons (Fsp3) is 0.367. The second-order valence-electron chi connectivity index (χ2n) is 10.5. The van der Waals surface area contributed by atoms with Crippen LogP contribution in [0, 0.1) is 5.92 Å². The van der Waals surface area contributed by atoms with Crippen molar-refractivity contribution in [1.82, 2.24) is 4.72 Å². The van der Waals surface area contributed by atoms with Gasteiger partial charge in [0, 0.05) is 30.7 Å². The SMILES string of the molecule is O=C(Nc1ccc(N2CCCC2)c(S(=O)(=O)N[C@H]2CCCc3ccccc32)c1)[C@@H]1C[C@H]1c1ccccc1. The molecule has 7 heteroatoms. The summed E-state index contributed by atoms with van der Waals surface area (Å²) in [5.74, 6) is 0.0826. The van der Waals surface area contributed by atoms with Gasteiger partial charge in [-0.05, 0) is 79.3 Å². The van der Waals surface area contributed by atoms with Crippen LogP contribution in [0.3, 0.4) is 0 Å². The number of nitrogens with one attached hydrogen (secondary N) is 2. The van der Waals surface area contributed by atoms with Crippen LogP contribution < -0.4 is 14.9 Å². The van der Waals surface area contributed by atoms with Crippen LogP contribution in [0.2, 0.25) is 0 Å². The van der Waals surface area contributed by atoms with Gasteiger partial charge in [-0.15, -0.1) is 0 Å². The van der Waals surface area contributed by atoms with Crippen molar-refractivity contribution in [3.8, 4) is 0 Å². The quantitative estimate of drug-likeness (QED) is 0.443. The van der Waals surface area contributed by atoms with Crippen LogP contribution in [-0.2, 0) is 21.2 Å². The van der Waals surface area contributed by atoms with Gasteiger partial charge in [-0.1, -0.05) is 54.6 Å². The van der Waals surface area contributed by atoms with Gasteiger partial charge < -0.3 is 10.2 Å². The molecule has 0 bridgehead atoms. The van der Waals surface area contributed by atoms with Crippen molar-refractivity contribution in [3.05, 3.63) is 89.5 Å². The third-order valence-electron chi connectivity index (χ3n) is 7.99. The molecule has 2 N–H and O–H groups in total. The van der Waals surface area contributed by atoms with E-state index in [1.165, 1.54) is 11.1 Å². The van der Waals surface area contributed by atoms with E-state index in [1.54, 1.807) is 6.07 Å². The van der Waals surface area contributed by atoms with Gasteiger partial charge in [0.1, 0.15) is 4.90 Å². The number of amides is 1. The maximum absolute atomic E-state index is 13.9. The summed E-state index contributed by atoms with van der Waals surface area (Å²) in [5, 5.41) is 3.00. The molecule has 1 saturated carbocycles. The molecule has 6 rings (SSSR count). The second kappa shape index (κ2) is 9.95. The summed E-state index contributed by atoms with van der Waals surface area (Å²) in [6.45, 7) is 1.67. The molecule has 0 spiro atoms. The van der Waals surface area contributed by atoms with Crippen LogP contribution >= 0.6 is 0 Å². The third kappa shape index (κ3) is 5.03. The summed E-state index contributed by atoms with van der Waals surface area (Å²) in [4.78, 5) is 15.4. The number of carbonyl (C=O) groups excluding carboxylic acids is 1. The summed E-state index contributed by atoms with van der Waals surface area (Å²) in [7, 11) is -3.83. The zero-order valence-electron chi connectivity index (χ0n) is 20.9. The summed E-state index contributed by atoms with van der Waals surface area (Å²) < 4.78 is 30.7. The highest BCUT2D eigenvalue weighted by atomic mass is 32.2. The van der Waals surface area contributed by atoms with Gasteiger partial charge in [-0.2, -0.15) is 0 Å². The number of fused-ring (bicyclic) bond motifs is 1. The maximum Gasteiger partial charge on any atom is 0.243 e. The van der Waals surface area contributed by atoms with Crippen LogP contribution in [0.4, 0.5) is 11.4 Å². The van der Waals surface area contributed by atoms with Crippen molar-refractivity contribution in [1.29, 1.82) is 0 Å². The fourth-order valence-corrected chi connectivity index (χ4v) is 7.44. The van der Waals surface area contributed by atoms with Crippen LogP contribution in [0.25, 0.3) is 0 Å². The van der Waals surface area contributed by atoms with E-state index in [0.29, 0.717) is 11.4 Å². The van der Waals surface area contributed by atoms with Crippen molar-refractivity contribution in [2.24, 2.45) is 5.92 Å². The Morgan fingerprint density at radius 2 is 1.65 bits per heavy atom. The smallest absolute Gasteiger partial charge is 0.243 e. The Hall–Kier alpha value is -3.16. The number of hydrogen-bond acceptors (Lipinski definition) is 4. The zero-order chi connectivity index (χ0) is 25.4. The van der Waals surface area contributed by atoms with Crippen LogP contribution in [-0.4, -0.2) is 27.4 Å². The summed E-state index contributed by atoms with van der Waals surface area (Å²) in [6, 6.07) is 23.2. The highest BCUT2D eigenvalue weighted by Crippen LogP contribution is 2.48. The first-order valence-electron chi connectivity index (χ1n) is 13.3. The molecule has 3 aromatic carbocycles. The topological polar surface area (TPSA) is 78.5 Å². The second-order valence-corrected chi connectivity index (χ2v) is 12.2. The molecule has 1 aliphatic heterocycles. The Kier molecular flexibility index (Phi) is 6.51. The molecule has 6 nitrogen and oxygen atoms in total. The average molecular weight is 516 g/mol. The standard InChI is InChI=1S/C30H33N3O3S/c34-30(26-20-25(26)22-9-2-1-3-10-22)31-23-15-16-28(33-17-6-7-18-33)29(19-23)37(35,36)32-27-14-8-12-21-11-4-5-13-24(21)27/h1-5,9-11,13,15-16,19,25-27,32H,6-8,12,14,17-18,20H2,(H,31,34)/t25-,26+,27-/m0/s1.